The molecule has 17 heavy (non-hydrogen) atoms. The molecular formula is C12H17Br2N3. The molecule has 1 aromatic rings. The molecule has 0 unspecified atom stereocenters. The Labute approximate surface area is 119 Å². The summed E-state index contributed by atoms with van der Waals surface area (Å²) < 4.78 is 2.02. The monoisotopic (exact) mass is 361 g/mol. The van der Waals surface area contributed by atoms with Crippen LogP contribution in [0.1, 0.15) is 25.7 Å². The topological polar surface area (TPSA) is 42.2 Å². The summed E-state index contributed by atoms with van der Waals surface area (Å²) in [5.74, 6) is 1.01. The second-order valence-electron chi connectivity index (χ2n) is 4.64. The van der Waals surface area contributed by atoms with Crippen LogP contribution in [-0.2, 0) is 0 Å². The smallest absolute Gasteiger partial charge is 0.142 e. The van der Waals surface area contributed by atoms with E-state index in [0.717, 1.165) is 40.4 Å². The molecule has 0 radical (unpaired) electrons. The summed E-state index contributed by atoms with van der Waals surface area (Å²) in [7, 11) is 2.11. The molecule has 1 saturated carbocycles. The average Bonchev–Trinajstić information content (AvgIpc) is 2.29. The first-order valence-electron chi connectivity index (χ1n) is 5.87. The number of pyridine rings is 1. The van der Waals surface area contributed by atoms with Gasteiger partial charge in [0, 0.05) is 29.8 Å². The Morgan fingerprint density at radius 1 is 1.29 bits per heavy atom. The number of aromatic nitrogens is 1. The average molecular weight is 363 g/mol. The highest BCUT2D eigenvalue weighted by molar-refractivity contribution is 9.11. The molecule has 0 aliphatic heterocycles. The van der Waals surface area contributed by atoms with E-state index in [2.05, 4.69) is 48.8 Å². The highest BCUT2D eigenvalue weighted by Gasteiger charge is 2.23. The molecule has 1 aliphatic rings. The lowest BCUT2D eigenvalue weighted by atomic mass is 9.91. The first kappa shape index (κ1) is 13.3. The van der Waals surface area contributed by atoms with E-state index < -0.39 is 0 Å². The van der Waals surface area contributed by atoms with Gasteiger partial charge in [-0.1, -0.05) is 0 Å². The molecule has 1 aromatic heterocycles. The summed E-state index contributed by atoms with van der Waals surface area (Å²) in [6, 6.07) is 2.98. The largest absolute Gasteiger partial charge is 0.356 e. The maximum atomic E-state index is 5.94. The van der Waals surface area contributed by atoms with E-state index in [9.17, 15) is 0 Å². The summed E-state index contributed by atoms with van der Waals surface area (Å²) in [6.07, 6.45) is 6.38. The Bertz CT molecular complexity index is 389. The van der Waals surface area contributed by atoms with Crippen LogP contribution in [0.25, 0.3) is 0 Å². The fourth-order valence-corrected chi connectivity index (χ4v) is 3.60. The second-order valence-corrected chi connectivity index (χ2v) is 6.41. The van der Waals surface area contributed by atoms with Crippen LogP contribution in [0.3, 0.4) is 0 Å². The van der Waals surface area contributed by atoms with Crippen molar-refractivity contribution in [3.63, 3.8) is 0 Å². The first-order chi connectivity index (χ1) is 8.08. The van der Waals surface area contributed by atoms with Gasteiger partial charge in [0.2, 0.25) is 0 Å². The van der Waals surface area contributed by atoms with Gasteiger partial charge in [-0.15, -0.1) is 0 Å². The number of nitrogens with two attached hydrogens (primary N) is 1. The van der Waals surface area contributed by atoms with Gasteiger partial charge in [-0.3, -0.25) is 0 Å². The zero-order valence-electron chi connectivity index (χ0n) is 9.87. The van der Waals surface area contributed by atoms with Crippen LogP contribution in [0.2, 0.25) is 0 Å². The molecule has 5 heteroatoms. The van der Waals surface area contributed by atoms with Gasteiger partial charge in [-0.05, 0) is 63.6 Å². The highest BCUT2D eigenvalue weighted by atomic mass is 79.9. The minimum absolute atomic E-state index is 0.390. The van der Waals surface area contributed by atoms with Crippen molar-refractivity contribution >= 4 is 37.7 Å². The molecule has 1 heterocycles. The van der Waals surface area contributed by atoms with E-state index in [-0.39, 0.29) is 0 Å². The fraction of sp³-hybridized carbons (Fsp3) is 0.583. The molecule has 3 nitrogen and oxygen atoms in total. The van der Waals surface area contributed by atoms with Crippen LogP contribution in [0.15, 0.2) is 21.2 Å². The van der Waals surface area contributed by atoms with E-state index in [0.29, 0.717) is 12.1 Å². The van der Waals surface area contributed by atoms with Crippen LogP contribution in [0.5, 0.6) is 0 Å². The third kappa shape index (κ3) is 3.20. The van der Waals surface area contributed by atoms with Crippen molar-refractivity contribution < 1.29 is 0 Å². The second kappa shape index (κ2) is 5.67. The van der Waals surface area contributed by atoms with E-state index in [1.807, 2.05) is 12.3 Å². The lowest BCUT2D eigenvalue weighted by Gasteiger charge is -2.34. The van der Waals surface area contributed by atoms with Crippen molar-refractivity contribution in [1.82, 2.24) is 4.98 Å². The first-order valence-corrected chi connectivity index (χ1v) is 7.46. The predicted molar refractivity (Wildman–Crippen MR) is 78.3 cm³/mol. The van der Waals surface area contributed by atoms with Crippen LogP contribution in [0.4, 0.5) is 5.82 Å². The lowest BCUT2D eigenvalue weighted by molar-refractivity contribution is 0.383. The van der Waals surface area contributed by atoms with Crippen LogP contribution >= 0.6 is 31.9 Å². The number of rotatable bonds is 2. The lowest BCUT2D eigenvalue weighted by Crippen LogP contribution is -2.39. The number of hydrogen-bond acceptors (Lipinski definition) is 3. The molecule has 0 saturated heterocycles. The van der Waals surface area contributed by atoms with Gasteiger partial charge in [0.1, 0.15) is 5.82 Å². The van der Waals surface area contributed by atoms with Gasteiger partial charge in [-0.2, -0.15) is 0 Å². The van der Waals surface area contributed by atoms with Gasteiger partial charge in [0.15, 0.2) is 0 Å². The molecule has 2 N–H and O–H groups in total. The number of hydrogen-bond donors (Lipinski definition) is 1. The van der Waals surface area contributed by atoms with Crippen molar-refractivity contribution in [3.8, 4) is 0 Å². The minimum atomic E-state index is 0.390. The van der Waals surface area contributed by atoms with Crippen LogP contribution in [0, 0.1) is 0 Å². The van der Waals surface area contributed by atoms with Crippen molar-refractivity contribution in [2.24, 2.45) is 5.73 Å². The maximum absolute atomic E-state index is 5.94. The number of nitrogens with zero attached hydrogens (tertiary/aromatic N) is 2. The molecule has 0 atom stereocenters. The number of halogens is 2. The summed E-state index contributed by atoms with van der Waals surface area (Å²) in [6.45, 7) is 0. The molecule has 0 bridgehead atoms. The molecule has 0 amide bonds. The highest BCUT2D eigenvalue weighted by Crippen LogP contribution is 2.30. The molecule has 0 aromatic carbocycles. The summed E-state index contributed by atoms with van der Waals surface area (Å²) >= 11 is 6.99. The van der Waals surface area contributed by atoms with Crippen molar-refractivity contribution in [2.45, 2.75) is 37.8 Å². The van der Waals surface area contributed by atoms with Crippen molar-refractivity contribution in [2.75, 3.05) is 11.9 Å². The molecule has 1 fully saturated rings. The molecule has 1 aliphatic carbocycles. The van der Waals surface area contributed by atoms with E-state index in [1.54, 1.807) is 0 Å². The Kier molecular flexibility index (Phi) is 4.44. The zero-order chi connectivity index (χ0) is 12.4. The van der Waals surface area contributed by atoms with Crippen LogP contribution < -0.4 is 10.6 Å². The SMILES string of the molecule is CN(c1ncc(Br)cc1Br)C1CCC(N)CC1. The quantitative estimate of drug-likeness (QED) is 0.877. The van der Waals surface area contributed by atoms with Gasteiger partial charge >= 0.3 is 0 Å². The maximum Gasteiger partial charge on any atom is 0.142 e. The normalized spacial score (nSPS) is 24.7. The molecule has 2 rings (SSSR count). The van der Waals surface area contributed by atoms with E-state index in [4.69, 9.17) is 5.73 Å². The van der Waals surface area contributed by atoms with Gasteiger partial charge in [0.05, 0.1) is 4.47 Å². The standard InChI is InChI=1S/C12H17Br2N3/c1-17(10-4-2-9(15)3-5-10)12-11(14)6-8(13)7-16-12/h6-7,9-10H,2-5,15H2,1H3. The van der Waals surface area contributed by atoms with E-state index >= 15 is 0 Å². The van der Waals surface area contributed by atoms with Crippen molar-refractivity contribution in [3.05, 3.63) is 21.2 Å². The molecule has 94 valence electrons. The van der Waals surface area contributed by atoms with Gasteiger partial charge in [-0.25, -0.2) is 4.98 Å². The summed E-state index contributed by atoms with van der Waals surface area (Å²) in [4.78, 5) is 6.74. The predicted octanol–water partition coefficient (Wildman–Crippen LogP) is 3.31. The molecule has 0 spiro atoms. The molecular weight excluding hydrogens is 346 g/mol. The van der Waals surface area contributed by atoms with Gasteiger partial charge < -0.3 is 10.6 Å². The summed E-state index contributed by atoms with van der Waals surface area (Å²) in [5, 5.41) is 0. The minimum Gasteiger partial charge on any atom is -0.356 e. The fourth-order valence-electron chi connectivity index (χ4n) is 2.33. The van der Waals surface area contributed by atoms with E-state index in [1.165, 1.54) is 0 Å². The van der Waals surface area contributed by atoms with Crippen molar-refractivity contribution in [1.29, 1.82) is 0 Å². The number of anilines is 1. The summed E-state index contributed by atoms with van der Waals surface area (Å²) in [5.41, 5.74) is 5.94. The van der Waals surface area contributed by atoms with Gasteiger partial charge in [0.25, 0.3) is 0 Å². The Balaban J connectivity index is 2.11. The Hall–Kier alpha value is -0.130. The Morgan fingerprint density at radius 3 is 2.53 bits per heavy atom. The third-order valence-electron chi connectivity index (χ3n) is 3.41. The zero-order valence-corrected chi connectivity index (χ0v) is 13.0. The third-order valence-corrected chi connectivity index (χ3v) is 4.43. The van der Waals surface area contributed by atoms with Crippen LogP contribution in [-0.4, -0.2) is 24.1 Å². The Morgan fingerprint density at radius 2 is 1.94 bits per heavy atom.